The Morgan fingerprint density at radius 2 is 1.82 bits per heavy atom. The van der Waals surface area contributed by atoms with Gasteiger partial charge >= 0.3 is 0 Å². The second-order valence-electron chi connectivity index (χ2n) is 8.01. The molecule has 0 aromatic heterocycles. The number of hydroxylamine groups is 1. The first-order chi connectivity index (χ1) is 16.0. The fourth-order valence-corrected chi connectivity index (χ4v) is 5.70. The Balaban J connectivity index is 1.72. The van der Waals surface area contributed by atoms with E-state index in [-0.39, 0.29) is 4.90 Å². The second-order valence-corrected chi connectivity index (χ2v) is 12.3. The van der Waals surface area contributed by atoms with Crippen molar-refractivity contribution in [2.24, 2.45) is 4.99 Å². The highest BCUT2D eigenvalue weighted by molar-refractivity contribution is 9.10. The first kappa shape index (κ1) is 26.4. The number of hydrazine groups is 1. The van der Waals surface area contributed by atoms with Crippen molar-refractivity contribution in [3.05, 3.63) is 53.0 Å². The number of nitrogens with one attached hydrogen (secondary N) is 3. The van der Waals surface area contributed by atoms with Gasteiger partial charge in [-0.3, -0.25) is 15.0 Å². The first-order valence-corrected chi connectivity index (χ1v) is 13.4. The number of nitrogens with zero attached hydrogens (tertiary/aromatic N) is 2. The molecule has 1 atom stereocenters. The van der Waals surface area contributed by atoms with E-state index in [1.54, 1.807) is 36.5 Å². The number of amides is 1. The van der Waals surface area contributed by atoms with Gasteiger partial charge in [0, 0.05) is 16.3 Å². The van der Waals surface area contributed by atoms with E-state index >= 15 is 0 Å². The van der Waals surface area contributed by atoms with Gasteiger partial charge in [0.25, 0.3) is 5.91 Å². The summed E-state index contributed by atoms with van der Waals surface area (Å²) >= 11 is 4.68. The lowest BCUT2D eigenvalue weighted by Crippen LogP contribution is -2.56. The molecule has 1 aliphatic heterocycles. The lowest BCUT2D eigenvalue weighted by atomic mass is 10.0. The van der Waals surface area contributed by atoms with Crippen molar-refractivity contribution in [2.45, 2.75) is 29.5 Å². The van der Waals surface area contributed by atoms with Crippen LogP contribution in [0.25, 0.3) is 0 Å². The summed E-state index contributed by atoms with van der Waals surface area (Å²) in [5.74, 6) is 1.33. The van der Waals surface area contributed by atoms with Crippen LogP contribution in [0, 0.1) is 0 Å². The number of thioether (sulfide) groups is 1. The molecule has 0 fully saturated rings. The Morgan fingerprint density at radius 1 is 1.24 bits per heavy atom. The van der Waals surface area contributed by atoms with E-state index in [0.29, 0.717) is 29.8 Å². The molecule has 1 amide bonds. The highest BCUT2D eigenvalue weighted by Gasteiger charge is 2.39. The van der Waals surface area contributed by atoms with Crippen molar-refractivity contribution < 1.29 is 23.2 Å². The van der Waals surface area contributed by atoms with Crippen LogP contribution in [0.15, 0.2) is 62.9 Å². The number of carbonyl (C=O) groups is 1. The minimum Gasteiger partial charge on any atom is -0.457 e. The van der Waals surface area contributed by atoms with Crippen LogP contribution in [0.1, 0.15) is 13.8 Å². The molecule has 0 saturated heterocycles. The smallest absolute Gasteiger partial charge is 0.262 e. The standard InChI is InChI=1S/C21H26BrN5O5S2/c1-21(2,33-12-18-23-13-27(3)24-18)19(20(28)25-29)26-34(30,31)17-10-8-16(9-11-17)32-15-6-4-14(22)5-7-15/h4-11,19,26,29H,12-13H2,1-3H3,(H,23,24)(H,25,28). The molecule has 184 valence electrons. The molecule has 2 aromatic carbocycles. The van der Waals surface area contributed by atoms with E-state index in [0.717, 1.165) is 4.47 Å². The topological polar surface area (TPSA) is 132 Å². The molecule has 1 heterocycles. The lowest BCUT2D eigenvalue weighted by molar-refractivity contribution is -0.131. The van der Waals surface area contributed by atoms with E-state index < -0.39 is 26.7 Å². The number of benzene rings is 2. The van der Waals surface area contributed by atoms with Gasteiger partial charge in [-0.15, -0.1) is 11.8 Å². The van der Waals surface area contributed by atoms with Crippen LogP contribution in [0.4, 0.5) is 0 Å². The minimum atomic E-state index is -4.09. The summed E-state index contributed by atoms with van der Waals surface area (Å²) in [6.45, 7) is 3.94. The third kappa shape index (κ3) is 6.93. The molecule has 0 bridgehead atoms. The number of hydrogen-bond donors (Lipinski definition) is 4. The zero-order valence-electron chi connectivity index (χ0n) is 18.8. The zero-order chi connectivity index (χ0) is 24.9. The van der Waals surface area contributed by atoms with Crippen molar-refractivity contribution in [1.29, 1.82) is 0 Å². The van der Waals surface area contributed by atoms with Gasteiger partial charge in [-0.2, -0.15) is 4.72 Å². The largest absolute Gasteiger partial charge is 0.457 e. The molecule has 1 aliphatic rings. The van der Waals surface area contributed by atoms with Gasteiger partial charge in [-0.1, -0.05) is 15.9 Å². The summed E-state index contributed by atoms with van der Waals surface area (Å²) in [5.41, 5.74) is 4.63. The van der Waals surface area contributed by atoms with Crippen LogP contribution < -0.4 is 20.4 Å². The van der Waals surface area contributed by atoms with Gasteiger partial charge in [-0.25, -0.2) is 18.9 Å². The van der Waals surface area contributed by atoms with Crippen molar-refractivity contribution >= 4 is 49.5 Å². The molecular weight excluding hydrogens is 546 g/mol. The first-order valence-electron chi connectivity index (χ1n) is 10.1. The Labute approximate surface area is 211 Å². The third-order valence-corrected chi connectivity index (χ3v) is 8.26. The molecule has 10 nitrogen and oxygen atoms in total. The normalized spacial score (nSPS) is 15.4. The predicted molar refractivity (Wildman–Crippen MR) is 134 cm³/mol. The maximum absolute atomic E-state index is 13.0. The van der Waals surface area contributed by atoms with Crippen LogP contribution in [-0.2, 0) is 14.8 Å². The summed E-state index contributed by atoms with van der Waals surface area (Å²) in [6, 6.07) is 11.8. The summed E-state index contributed by atoms with van der Waals surface area (Å²) in [5, 5.41) is 11.0. The van der Waals surface area contributed by atoms with Crippen molar-refractivity contribution in [2.75, 3.05) is 19.5 Å². The monoisotopic (exact) mass is 571 g/mol. The number of amidine groups is 1. The van der Waals surface area contributed by atoms with Crippen molar-refractivity contribution in [1.82, 2.24) is 20.6 Å². The molecule has 2 aromatic rings. The maximum Gasteiger partial charge on any atom is 0.262 e. The summed E-state index contributed by atoms with van der Waals surface area (Å²) < 4.78 is 34.2. The second kappa shape index (κ2) is 11.1. The predicted octanol–water partition coefficient (Wildman–Crippen LogP) is 2.71. The average Bonchev–Trinajstić information content (AvgIpc) is 3.23. The highest BCUT2D eigenvalue weighted by Crippen LogP contribution is 2.30. The fraction of sp³-hybridized carbons (Fsp3) is 0.333. The van der Waals surface area contributed by atoms with Crippen LogP contribution in [0.5, 0.6) is 11.5 Å². The molecule has 1 unspecified atom stereocenters. The molecule has 0 saturated carbocycles. The van der Waals surface area contributed by atoms with Gasteiger partial charge in [0.2, 0.25) is 10.0 Å². The van der Waals surface area contributed by atoms with E-state index in [1.807, 2.05) is 19.2 Å². The minimum absolute atomic E-state index is 0.0457. The zero-order valence-corrected chi connectivity index (χ0v) is 22.0. The molecular formula is C21H26BrN5O5S2. The summed E-state index contributed by atoms with van der Waals surface area (Å²) in [7, 11) is -2.25. The van der Waals surface area contributed by atoms with Crippen LogP contribution in [0.3, 0.4) is 0 Å². The number of halogens is 1. The van der Waals surface area contributed by atoms with E-state index in [2.05, 4.69) is 31.1 Å². The Kier molecular flexibility index (Phi) is 8.60. The maximum atomic E-state index is 13.0. The molecule has 0 spiro atoms. The highest BCUT2D eigenvalue weighted by atomic mass is 79.9. The van der Waals surface area contributed by atoms with Crippen molar-refractivity contribution in [3.8, 4) is 11.5 Å². The van der Waals surface area contributed by atoms with Gasteiger partial charge in [0.05, 0.1) is 10.6 Å². The van der Waals surface area contributed by atoms with E-state index in [4.69, 9.17) is 4.74 Å². The lowest BCUT2D eigenvalue weighted by Gasteiger charge is -2.32. The quantitative estimate of drug-likeness (QED) is 0.253. The number of ether oxygens (including phenoxy) is 1. The Morgan fingerprint density at radius 3 is 2.35 bits per heavy atom. The molecule has 34 heavy (non-hydrogen) atoms. The van der Waals surface area contributed by atoms with E-state index in [9.17, 15) is 18.4 Å². The number of sulfonamides is 1. The molecule has 0 aliphatic carbocycles. The van der Waals surface area contributed by atoms with E-state index in [1.165, 1.54) is 36.0 Å². The van der Waals surface area contributed by atoms with Crippen LogP contribution in [0.2, 0.25) is 0 Å². The fourth-order valence-electron chi connectivity index (χ4n) is 3.02. The molecule has 4 N–H and O–H groups in total. The molecule has 0 radical (unpaired) electrons. The number of hydrogen-bond acceptors (Lipinski definition) is 9. The Bertz CT molecular complexity index is 1140. The molecule has 3 rings (SSSR count). The van der Waals surface area contributed by atoms with Gasteiger partial charge in [0.15, 0.2) is 0 Å². The average molecular weight is 573 g/mol. The van der Waals surface area contributed by atoms with Crippen LogP contribution in [-0.4, -0.2) is 60.6 Å². The van der Waals surface area contributed by atoms with Gasteiger partial charge in [0.1, 0.15) is 30.0 Å². The van der Waals surface area contributed by atoms with Gasteiger partial charge < -0.3 is 10.2 Å². The van der Waals surface area contributed by atoms with Crippen molar-refractivity contribution in [3.63, 3.8) is 0 Å². The Hall–Kier alpha value is -2.16. The summed E-state index contributed by atoms with van der Waals surface area (Å²) in [4.78, 5) is 16.7. The number of carbonyl (C=O) groups excluding carboxylic acids is 1. The molecule has 13 heteroatoms. The van der Waals surface area contributed by atoms with Crippen LogP contribution >= 0.6 is 27.7 Å². The summed E-state index contributed by atoms with van der Waals surface area (Å²) in [6.07, 6.45) is 0. The SMILES string of the molecule is CN1CN=C(CSC(C)(C)C(NS(=O)(=O)c2ccc(Oc3ccc(Br)cc3)cc2)C(=O)NO)N1. The third-order valence-electron chi connectivity index (χ3n) is 4.90. The number of aliphatic imine (C=N–C) groups is 1. The number of rotatable bonds is 10. The van der Waals surface area contributed by atoms with Gasteiger partial charge in [-0.05, 0) is 62.4 Å².